The fourth-order valence-corrected chi connectivity index (χ4v) is 5.79. The number of hydrogen-bond acceptors (Lipinski definition) is 4. The molecule has 1 aromatic carbocycles. The van der Waals surface area contributed by atoms with Gasteiger partial charge in [-0.05, 0) is 58.7 Å². The molecule has 1 aliphatic rings. The minimum atomic E-state index is -3.72. The maximum Gasteiger partial charge on any atom is 0.251 e. The topological polar surface area (TPSA) is 69.7 Å². The smallest absolute Gasteiger partial charge is 0.251 e. The summed E-state index contributed by atoms with van der Waals surface area (Å²) in [6.45, 7) is 10.7. The standard InChI is InChI=1S/C21H34ClN3O3S/c1-16(2)25(17(3)4)14-11-23-21(26)18-9-10-19(22)20(15-18)29(27,28)24-12-7-5-6-8-13-24/h9-10,15-17H,5-8,11-14H2,1-4H3,(H,23,26). The van der Waals surface area contributed by atoms with Crippen molar-refractivity contribution in [2.75, 3.05) is 26.2 Å². The van der Waals surface area contributed by atoms with Crippen molar-refractivity contribution in [2.24, 2.45) is 0 Å². The zero-order valence-corrected chi connectivity index (χ0v) is 19.5. The number of sulfonamides is 1. The Labute approximate surface area is 180 Å². The molecule has 1 N–H and O–H groups in total. The van der Waals surface area contributed by atoms with E-state index in [1.165, 1.54) is 16.4 Å². The highest BCUT2D eigenvalue weighted by molar-refractivity contribution is 7.89. The van der Waals surface area contributed by atoms with Crippen LogP contribution >= 0.6 is 11.6 Å². The monoisotopic (exact) mass is 443 g/mol. The van der Waals surface area contributed by atoms with Gasteiger partial charge in [0.15, 0.2) is 0 Å². The van der Waals surface area contributed by atoms with E-state index in [4.69, 9.17) is 11.6 Å². The van der Waals surface area contributed by atoms with Crippen LogP contribution in [0.2, 0.25) is 5.02 Å². The van der Waals surface area contributed by atoms with Gasteiger partial charge in [0, 0.05) is 43.8 Å². The van der Waals surface area contributed by atoms with Crippen LogP contribution in [0.25, 0.3) is 0 Å². The van der Waals surface area contributed by atoms with Gasteiger partial charge in [-0.2, -0.15) is 4.31 Å². The van der Waals surface area contributed by atoms with E-state index in [2.05, 4.69) is 37.9 Å². The summed E-state index contributed by atoms with van der Waals surface area (Å²) in [4.78, 5) is 14.9. The van der Waals surface area contributed by atoms with Crippen LogP contribution in [0, 0.1) is 0 Å². The third-order valence-corrected chi connectivity index (χ3v) is 7.74. The lowest BCUT2D eigenvalue weighted by Crippen LogP contribution is -2.42. The first-order chi connectivity index (χ1) is 13.6. The third kappa shape index (κ3) is 6.41. The average Bonchev–Trinajstić information content (AvgIpc) is 2.94. The van der Waals surface area contributed by atoms with Crippen LogP contribution in [0.5, 0.6) is 0 Å². The Bertz CT molecular complexity index is 780. The third-order valence-electron chi connectivity index (χ3n) is 5.36. The Morgan fingerprint density at radius 3 is 2.24 bits per heavy atom. The summed E-state index contributed by atoms with van der Waals surface area (Å²) in [5.74, 6) is -0.290. The Kier molecular flexibility index (Phi) is 8.94. The summed E-state index contributed by atoms with van der Waals surface area (Å²) in [6.07, 6.45) is 3.76. The van der Waals surface area contributed by atoms with Crippen molar-refractivity contribution in [3.8, 4) is 0 Å². The Morgan fingerprint density at radius 1 is 1.10 bits per heavy atom. The van der Waals surface area contributed by atoms with Gasteiger partial charge in [-0.1, -0.05) is 24.4 Å². The van der Waals surface area contributed by atoms with Crippen molar-refractivity contribution in [2.45, 2.75) is 70.4 Å². The molecule has 1 saturated heterocycles. The van der Waals surface area contributed by atoms with Gasteiger partial charge in [-0.15, -0.1) is 0 Å². The van der Waals surface area contributed by atoms with Crippen LogP contribution in [0.1, 0.15) is 63.7 Å². The van der Waals surface area contributed by atoms with Gasteiger partial charge in [0.05, 0.1) is 5.02 Å². The molecule has 0 aliphatic carbocycles. The van der Waals surface area contributed by atoms with Crippen LogP contribution in [-0.2, 0) is 10.0 Å². The van der Waals surface area contributed by atoms with Crippen LogP contribution in [0.3, 0.4) is 0 Å². The number of amides is 1. The summed E-state index contributed by atoms with van der Waals surface area (Å²) in [5.41, 5.74) is 0.309. The number of nitrogens with zero attached hydrogens (tertiary/aromatic N) is 2. The van der Waals surface area contributed by atoms with E-state index < -0.39 is 10.0 Å². The van der Waals surface area contributed by atoms with Crippen molar-refractivity contribution in [3.05, 3.63) is 28.8 Å². The van der Waals surface area contributed by atoms with Crippen molar-refractivity contribution in [1.82, 2.24) is 14.5 Å². The van der Waals surface area contributed by atoms with Crippen molar-refractivity contribution in [3.63, 3.8) is 0 Å². The zero-order valence-electron chi connectivity index (χ0n) is 17.9. The lowest BCUT2D eigenvalue weighted by molar-refractivity contribution is 0.0939. The quantitative estimate of drug-likeness (QED) is 0.664. The van der Waals surface area contributed by atoms with Crippen molar-refractivity contribution >= 4 is 27.5 Å². The first-order valence-corrected chi connectivity index (χ1v) is 12.3. The second-order valence-corrected chi connectivity index (χ2v) is 10.5. The first kappa shape index (κ1) is 24.1. The van der Waals surface area contributed by atoms with Gasteiger partial charge in [0.25, 0.3) is 5.91 Å². The lowest BCUT2D eigenvalue weighted by atomic mass is 10.2. The molecule has 0 unspecified atom stereocenters. The highest BCUT2D eigenvalue weighted by Crippen LogP contribution is 2.27. The SMILES string of the molecule is CC(C)N(CCNC(=O)c1ccc(Cl)c(S(=O)(=O)N2CCCCCC2)c1)C(C)C. The molecule has 2 rings (SSSR count). The minimum Gasteiger partial charge on any atom is -0.351 e. The number of nitrogens with one attached hydrogen (secondary N) is 1. The van der Waals surface area contributed by atoms with Gasteiger partial charge in [-0.3, -0.25) is 9.69 Å². The molecule has 0 radical (unpaired) electrons. The number of rotatable bonds is 8. The van der Waals surface area contributed by atoms with Crippen LogP contribution in [0.4, 0.5) is 0 Å². The molecule has 29 heavy (non-hydrogen) atoms. The summed E-state index contributed by atoms with van der Waals surface area (Å²) in [5, 5.41) is 3.04. The van der Waals surface area contributed by atoms with E-state index in [9.17, 15) is 13.2 Å². The van der Waals surface area contributed by atoms with Gasteiger partial charge in [-0.25, -0.2) is 8.42 Å². The second kappa shape index (κ2) is 10.8. The molecular weight excluding hydrogens is 410 g/mol. The molecule has 1 heterocycles. The number of carbonyl (C=O) groups is 1. The van der Waals surface area contributed by atoms with Gasteiger partial charge in [0.2, 0.25) is 10.0 Å². The molecule has 8 heteroatoms. The van der Waals surface area contributed by atoms with Gasteiger partial charge < -0.3 is 5.32 Å². The average molecular weight is 444 g/mol. The van der Waals surface area contributed by atoms with Crippen LogP contribution in [-0.4, -0.2) is 61.8 Å². The maximum atomic E-state index is 13.1. The van der Waals surface area contributed by atoms with E-state index in [1.54, 1.807) is 6.07 Å². The molecule has 0 atom stereocenters. The number of hydrogen-bond donors (Lipinski definition) is 1. The molecule has 0 saturated carbocycles. The fraction of sp³-hybridized carbons (Fsp3) is 0.667. The zero-order chi connectivity index (χ0) is 21.6. The number of carbonyl (C=O) groups excluding carboxylic acids is 1. The molecule has 0 spiro atoms. The van der Waals surface area contributed by atoms with E-state index in [0.717, 1.165) is 32.2 Å². The molecule has 1 aromatic rings. The molecule has 164 valence electrons. The van der Waals surface area contributed by atoms with Gasteiger partial charge in [0.1, 0.15) is 4.90 Å². The minimum absolute atomic E-state index is 0.0136. The Hall–Kier alpha value is -1.15. The van der Waals surface area contributed by atoms with Crippen molar-refractivity contribution < 1.29 is 13.2 Å². The summed E-state index contributed by atoms with van der Waals surface area (Å²) in [6, 6.07) is 5.23. The highest BCUT2D eigenvalue weighted by atomic mass is 35.5. The molecular formula is C21H34ClN3O3S. The van der Waals surface area contributed by atoms with E-state index in [0.29, 0.717) is 37.3 Å². The van der Waals surface area contributed by atoms with Crippen molar-refractivity contribution in [1.29, 1.82) is 0 Å². The van der Waals surface area contributed by atoms with Crippen LogP contribution in [0.15, 0.2) is 23.1 Å². The van der Waals surface area contributed by atoms with Crippen LogP contribution < -0.4 is 5.32 Å². The summed E-state index contributed by atoms with van der Waals surface area (Å²) >= 11 is 6.22. The Morgan fingerprint density at radius 2 is 1.69 bits per heavy atom. The highest BCUT2D eigenvalue weighted by Gasteiger charge is 2.28. The molecule has 1 amide bonds. The molecule has 1 aliphatic heterocycles. The summed E-state index contributed by atoms with van der Waals surface area (Å²) < 4.78 is 27.7. The summed E-state index contributed by atoms with van der Waals surface area (Å²) in [7, 11) is -3.72. The Balaban J connectivity index is 2.12. The lowest BCUT2D eigenvalue weighted by Gasteiger charge is -2.30. The second-order valence-electron chi connectivity index (χ2n) is 8.14. The molecule has 0 aromatic heterocycles. The first-order valence-electron chi connectivity index (χ1n) is 10.5. The van der Waals surface area contributed by atoms with E-state index in [-0.39, 0.29) is 15.8 Å². The van der Waals surface area contributed by atoms with E-state index >= 15 is 0 Å². The molecule has 0 bridgehead atoms. The molecule has 6 nitrogen and oxygen atoms in total. The fourth-order valence-electron chi connectivity index (χ4n) is 3.78. The molecule has 1 fully saturated rings. The predicted molar refractivity (Wildman–Crippen MR) is 118 cm³/mol. The van der Waals surface area contributed by atoms with E-state index in [1.807, 2.05) is 0 Å². The van der Waals surface area contributed by atoms with Gasteiger partial charge >= 0.3 is 0 Å². The largest absolute Gasteiger partial charge is 0.351 e. The number of benzene rings is 1. The maximum absolute atomic E-state index is 13.1. The number of halogens is 1. The predicted octanol–water partition coefficient (Wildman–Crippen LogP) is 3.75. The normalized spacial score (nSPS) is 16.4.